The summed E-state index contributed by atoms with van der Waals surface area (Å²) in [5.74, 6) is 0.602. The van der Waals surface area contributed by atoms with Crippen molar-refractivity contribution in [1.29, 1.82) is 0 Å². The summed E-state index contributed by atoms with van der Waals surface area (Å²) in [4.78, 5) is 25.8. The molecule has 0 spiro atoms. The Balaban J connectivity index is 1.69. The quantitative estimate of drug-likeness (QED) is 0.568. The van der Waals surface area contributed by atoms with Crippen molar-refractivity contribution in [2.45, 2.75) is 19.5 Å². The minimum absolute atomic E-state index is 0.165. The van der Waals surface area contributed by atoms with Crippen LogP contribution in [-0.2, 0) is 18.4 Å². The normalized spacial score (nSPS) is 12.2. The second-order valence-electron chi connectivity index (χ2n) is 6.96. The predicted octanol–water partition coefficient (Wildman–Crippen LogP) is 2.77. The zero-order valence-electron chi connectivity index (χ0n) is 16.5. The van der Waals surface area contributed by atoms with Gasteiger partial charge in [-0.3, -0.25) is 9.59 Å². The molecule has 7 nitrogen and oxygen atoms in total. The number of methoxy groups -OCH3 is 1. The molecule has 1 unspecified atom stereocenters. The van der Waals surface area contributed by atoms with Crippen LogP contribution in [0.2, 0.25) is 0 Å². The van der Waals surface area contributed by atoms with Crippen molar-refractivity contribution >= 4 is 27.7 Å². The highest BCUT2D eigenvalue weighted by atomic mass is 16.5. The second-order valence-corrected chi connectivity index (χ2v) is 6.96. The molecule has 0 aliphatic carbocycles. The summed E-state index contributed by atoms with van der Waals surface area (Å²) in [6.07, 6.45) is 1.68. The fourth-order valence-corrected chi connectivity index (χ4v) is 3.59. The van der Waals surface area contributed by atoms with E-state index in [9.17, 15) is 9.59 Å². The molecule has 4 rings (SSSR count). The molecule has 1 atom stereocenters. The largest absolute Gasteiger partial charge is 0.497 e. The van der Waals surface area contributed by atoms with Crippen LogP contribution in [-0.4, -0.2) is 27.4 Å². The van der Waals surface area contributed by atoms with E-state index in [1.807, 2.05) is 48.5 Å². The van der Waals surface area contributed by atoms with Gasteiger partial charge in [0.25, 0.3) is 5.56 Å². The first kappa shape index (κ1) is 18.7. The maximum Gasteiger partial charge on any atom is 0.291 e. The number of hydrogen-bond donors (Lipinski definition) is 1. The fraction of sp³-hybridized carbons (Fsp3) is 0.227. The highest BCUT2D eigenvalue weighted by molar-refractivity contribution is 6.08. The van der Waals surface area contributed by atoms with Gasteiger partial charge in [-0.15, -0.1) is 0 Å². The number of rotatable bonds is 5. The van der Waals surface area contributed by atoms with E-state index in [0.717, 1.165) is 27.6 Å². The van der Waals surface area contributed by atoms with Crippen LogP contribution in [0.3, 0.4) is 0 Å². The van der Waals surface area contributed by atoms with Crippen LogP contribution in [0.5, 0.6) is 5.75 Å². The number of hydrogen-bond acceptors (Lipinski definition) is 4. The third-order valence-electron chi connectivity index (χ3n) is 5.20. The van der Waals surface area contributed by atoms with E-state index >= 15 is 0 Å². The summed E-state index contributed by atoms with van der Waals surface area (Å²) in [7, 11) is 3.22. The lowest BCUT2D eigenvalue weighted by Gasteiger charge is -2.17. The van der Waals surface area contributed by atoms with Gasteiger partial charge in [0.15, 0.2) is 0 Å². The number of ether oxygens (including phenoxy) is 1. The van der Waals surface area contributed by atoms with Crippen molar-refractivity contribution < 1.29 is 9.53 Å². The first-order valence-corrected chi connectivity index (χ1v) is 9.37. The van der Waals surface area contributed by atoms with E-state index in [4.69, 9.17) is 4.74 Å². The average Bonchev–Trinajstić information content (AvgIpc) is 3.09. The molecule has 2 aromatic heterocycles. The lowest BCUT2D eigenvalue weighted by molar-refractivity contribution is -0.123. The Kier molecular flexibility index (Phi) is 4.80. The van der Waals surface area contributed by atoms with Crippen molar-refractivity contribution in [3.8, 4) is 5.75 Å². The van der Waals surface area contributed by atoms with Crippen LogP contribution in [0.25, 0.3) is 21.8 Å². The van der Waals surface area contributed by atoms with E-state index in [2.05, 4.69) is 10.4 Å². The topological polar surface area (TPSA) is 78.2 Å². The molecule has 0 bridgehead atoms. The Morgan fingerprint density at radius 1 is 1.14 bits per heavy atom. The summed E-state index contributed by atoms with van der Waals surface area (Å²) in [6, 6.07) is 14.6. The molecule has 29 heavy (non-hydrogen) atoms. The number of carbonyl (C=O) groups is 1. The van der Waals surface area contributed by atoms with Crippen LogP contribution >= 0.6 is 0 Å². The number of para-hydroxylation sites is 1. The van der Waals surface area contributed by atoms with Crippen molar-refractivity contribution in [2.24, 2.45) is 7.05 Å². The van der Waals surface area contributed by atoms with Gasteiger partial charge in [-0.1, -0.05) is 30.3 Å². The van der Waals surface area contributed by atoms with Gasteiger partial charge in [-0.2, -0.15) is 5.10 Å². The molecule has 0 aliphatic rings. The molecule has 0 saturated heterocycles. The maximum absolute atomic E-state index is 12.9. The van der Waals surface area contributed by atoms with Gasteiger partial charge < -0.3 is 14.6 Å². The molecule has 0 radical (unpaired) electrons. The van der Waals surface area contributed by atoms with Crippen molar-refractivity contribution in [3.63, 3.8) is 0 Å². The second kappa shape index (κ2) is 7.43. The minimum Gasteiger partial charge on any atom is -0.497 e. The lowest BCUT2D eigenvalue weighted by atomic mass is 10.2. The molecule has 0 fully saturated rings. The fourth-order valence-electron chi connectivity index (χ4n) is 3.59. The molecular formula is C22H22N4O3. The molecule has 0 saturated carbocycles. The molecule has 2 aromatic carbocycles. The Morgan fingerprint density at radius 3 is 2.59 bits per heavy atom. The van der Waals surface area contributed by atoms with Crippen molar-refractivity contribution in [1.82, 2.24) is 19.7 Å². The van der Waals surface area contributed by atoms with Gasteiger partial charge in [0, 0.05) is 24.4 Å². The van der Waals surface area contributed by atoms with Crippen molar-refractivity contribution in [3.05, 3.63) is 70.6 Å². The minimum atomic E-state index is -0.564. The lowest BCUT2D eigenvalue weighted by Crippen LogP contribution is -2.32. The summed E-state index contributed by atoms with van der Waals surface area (Å²) in [5, 5.41) is 8.76. The number of nitrogens with one attached hydrogen (secondary N) is 1. The molecule has 0 aliphatic heterocycles. The summed E-state index contributed by atoms with van der Waals surface area (Å²) in [6.45, 7) is 2.19. The summed E-state index contributed by atoms with van der Waals surface area (Å²) >= 11 is 0. The van der Waals surface area contributed by atoms with Gasteiger partial charge >= 0.3 is 0 Å². The number of benzene rings is 2. The predicted molar refractivity (Wildman–Crippen MR) is 112 cm³/mol. The number of aromatic nitrogens is 3. The highest BCUT2D eigenvalue weighted by Gasteiger charge is 2.23. The number of carbonyl (C=O) groups excluding carboxylic acids is 1. The van der Waals surface area contributed by atoms with E-state index in [-0.39, 0.29) is 11.5 Å². The molecule has 148 valence electrons. The average molecular weight is 390 g/mol. The van der Waals surface area contributed by atoms with Crippen LogP contribution in [0.1, 0.15) is 18.5 Å². The highest BCUT2D eigenvalue weighted by Crippen LogP contribution is 2.29. The van der Waals surface area contributed by atoms with E-state index < -0.39 is 6.04 Å². The van der Waals surface area contributed by atoms with Gasteiger partial charge in [-0.25, -0.2) is 4.68 Å². The van der Waals surface area contributed by atoms with E-state index in [1.54, 1.807) is 31.8 Å². The Bertz CT molecular complexity index is 1260. The standard InChI is InChI=1S/C22H22N4O3/c1-14(21(27)23-12-15-8-10-16(29-3)11-9-15)26-19-7-5-4-6-17(19)18-13-24-25(2)22(28)20(18)26/h4-11,13-14H,12H2,1-3H3,(H,23,27). The number of aryl methyl sites for hydroxylation is 1. The van der Waals surface area contributed by atoms with Crippen LogP contribution in [0.15, 0.2) is 59.5 Å². The Labute approximate surface area is 167 Å². The number of nitrogens with zero attached hydrogens (tertiary/aromatic N) is 3. The monoisotopic (exact) mass is 390 g/mol. The van der Waals surface area contributed by atoms with Crippen molar-refractivity contribution in [2.75, 3.05) is 7.11 Å². The molecule has 4 aromatic rings. The molecule has 7 heteroatoms. The molecule has 1 N–H and O–H groups in total. The van der Waals surface area contributed by atoms with Crippen LogP contribution < -0.4 is 15.6 Å². The van der Waals surface area contributed by atoms with E-state index in [1.165, 1.54) is 4.68 Å². The maximum atomic E-state index is 12.9. The first-order chi connectivity index (χ1) is 14.0. The smallest absolute Gasteiger partial charge is 0.291 e. The zero-order valence-corrected chi connectivity index (χ0v) is 16.5. The SMILES string of the molecule is COc1ccc(CNC(=O)C(C)n2c3ccccc3c3cnn(C)c(=O)c32)cc1. The molecule has 1 amide bonds. The van der Waals surface area contributed by atoms with Crippen LogP contribution in [0, 0.1) is 0 Å². The third-order valence-corrected chi connectivity index (χ3v) is 5.20. The van der Waals surface area contributed by atoms with Gasteiger partial charge in [0.1, 0.15) is 17.3 Å². The van der Waals surface area contributed by atoms with Gasteiger partial charge in [0.05, 0.1) is 18.8 Å². The van der Waals surface area contributed by atoms with Gasteiger partial charge in [-0.05, 0) is 30.7 Å². The number of fused-ring (bicyclic) bond motifs is 3. The van der Waals surface area contributed by atoms with Gasteiger partial charge in [0.2, 0.25) is 5.91 Å². The number of amides is 1. The van der Waals surface area contributed by atoms with E-state index in [0.29, 0.717) is 12.1 Å². The molecular weight excluding hydrogens is 368 g/mol. The third kappa shape index (κ3) is 3.24. The first-order valence-electron chi connectivity index (χ1n) is 9.37. The Hall–Kier alpha value is -3.61. The summed E-state index contributed by atoms with van der Waals surface area (Å²) < 4.78 is 8.25. The summed E-state index contributed by atoms with van der Waals surface area (Å²) in [5.41, 5.74) is 2.05. The van der Waals surface area contributed by atoms with Crippen LogP contribution in [0.4, 0.5) is 0 Å². The Morgan fingerprint density at radius 2 is 1.86 bits per heavy atom. The zero-order chi connectivity index (χ0) is 20.5. The molecule has 2 heterocycles.